The van der Waals surface area contributed by atoms with Gasteiger partial charge in [0, 0.05) is 6.20 Å². The molecule has 0 saturated heterocycles. The summed E-state index contributed by atoms with van der Waals surface area (Å²) in [6, 6.07) is 8.77. The number of hydrogen-bond acceptors (Lipinski definition) is 2. The molecule has 106 valence electrons. The number of aromatic nitrogens is 2. The summed E-state index contributed by atoms with van der Waals surface area (Å²) in [5.74, 6) is 0. The Labute approximate surface area is 114 Å². The second-order valence-corrected chi connectivity index (χ2v) is 4.92. The molecular formula is C14H14F3N3. The van der Waals surface area contributed by atoms with Crippen molar-refractivity contribution in [1.82, 2.24) is 15.1 Å². The maximum atomic E-state index is 12.6. The van der Waals surface area contributed by atoms with Crippen LogP contribution in [0.3, 0.4) is 0 Å². The Bertz CT molecular complexity index is 618. The first kappa shape index (κ1) is 13.2. The number of nitrogens with one attached hydrogen (secondary N) is 1. The minimum Gasteiger partial charge on any atom is -0.311 e. The third-order valence-electron chi connectivity index (χ3n) is 3.75. The maximum Gasteiger partial charge on any atom is 0.435 e. The van der Waals surface area contributed by atoms with Crippen LogP contribution in [-0.4, -0.2) is 16.8 Å². The molecule has 6 heteroatoms. The van der Waals surface area contributed by atoms with Crippen LogP contribution in [-0.2, 0) is 12.6 Å². The molecule has 3 nitrogen and oxygen atoms in total. The Morgan fingerprint density at radius 1 is 1.25 bits per heavy atom. The van der Waals surface area contributed by atoms with E-state index >= 15 is 0 Å². The van der Waals surface area contributed by atoms with Gasteiger partial charge in [0.15, 0.2) is 5.69 Å². The molecule has 3 rings (SSSR count). The molecule has 0 saturated carbocycles. The zero-order valence-corrected chi connectivity index (χ0v) is 10.9. The highest BCUT2D eigenvalue weighted by Gasteiger charge is 2.37. The topological polar surface area (TPSA) is 29.9 Å². The zero-order valence-electron chi connectivity index (χ0n) is 10.9. The highest BCUT2D eigenvalue weighted by atomic mass is 19.4. The summed E-state index contributed by atoms with van der Waals surface area (Å²) < 4.78 is 39.3. The van der Waals surface area contributed by atoms with Gasteiger partial charge in [-0.05, 0) is 30.7 Å². The molecule has 2 atom stereocenters. The van der Waals surface area contributed by atoms with Crippen LogP contribution in [0.4, 0.5) is 13.2 Å². The zero-order chi connectivity index (χ0) is 14.3. The fraction of sp³-hybridized carbons (Fsp3) is 0.357. The molecular weight excluding hydrogens is 267 g/mol. The van der Waals surface area contributed by atoms with Gasteiger partial charge in [0.2, 0.25) is 0 Å². The molecule has 0 bridgehead atoms. The van der Waals surface area contributed by atoms with Crippen molar-refractivity contribution in [3.63, 3.8) is 0 Å². The first-order valence-corrected chi connectivity index (χ1v) is 6.38. The molecule has 0 amide bonds. The SMILES string of the molecule is CNC1c2ccccc2CC1n1ccc(C(F)(F)F)n1. The van der Waals surface area contributed by atoms with Crippen molar-refractivity contribution in [3.05, 3.63) is 53.3 Å². The van der Waals surface area contributed by atoms with Crippen LogP contribution in [0.15, 0.2) is 36.5 Å². The van der Waals surface area contributed by atoms with E-state index in [4.69, 9.17) is 0 Å². The largest absolute Gasteiger partial charge is 0.435 e. The van der Waals surface area contributed by atoms with Crippen LogP contribution in [0.25, 0.3) is 0 Å². The van der Waals surface area contributed by atoms with E-state index in [1.807, 2.05) is 31.3 Å². The highest BCUT2D eigenvalue weighted by molar-refractivity contribution is 5.36. The van der Waals surface area contributed by atoms with Gasteiger partial charge in [-0.3, -0.25) is 4.68 Å². The van der Waals surface area contributed by atoms with Gasteiger partial charge >= 0.3 is 6.18 Å². The van der Waals surface area contributed by atoms with Gasteiger partial charge in [-0.15, -0.1) is 0 Å². The molecule has 1 N–H and O–H groups in total. The molecule has 0 radical (unpaired) electrons. The van der Waals surface area contributed by atoms with Crippen LogP contribution in [0.5, 0.6) is 0 Å². The second kappa shape index (κ2) is 4.63. The summed E-state index contributed by atoms with van der Waals surface area (Å²) in [4.78, 5) is 0. The Morgan fingerprint density at radius 2 is 2.00 bits per heavy atom. The summed E-state index contributed by atoms with van der Waals surface area (Å²) in [7, 11) is 1.81. The minimum absolute atomic E-state index is 0.0211. The molecule has 1 aliphatic rings. The summed E-state index contributed by atoms with van der Waals surface area (Å²) in [5.41, 5.74) is 1.44. The Balaban J connectivity index is 1.94. The lowest BCUT2D eigenvalue weighted by Gasteiger charge is -2.20. The van der Waals surface area contributed by atoms with Gasteiger partial charge in [0.1, 0.15) is 0 Å². The fourth-order valence-corrected chi connectivity index (χ4v) is 2.84. The molecule has 20 heavy (non-hydrogen) atoms. The third-order valence-corrected chi connectivity index (χ3v) is 3.75. The first-order chi connectivity index (χ1) is 9.50. The summed E-state index contributed by atoms with van der Waals surface area (Å²) in [6.45, 7) is 0. The van der Waals surface area contributed by atoms with E-state index in [1.54, 1.807) is 0 Å². The predicted octanol–water partition coefficient (Wildman–Crippen LogP) is 2.96. The molecule has 1 aromatic heterocycles. The predicted molar refractivity (Wildman–Crippen MR) is 68.2 cm³/mol. The molecule has 1 heterocycles. The van der Waals surface area contributed by atoms with Crippen molar-refractivity contribution in [1.29, 1.82) is 0 Å². The number of rotatable bonds is 2. The van der Waals surface area contributed by atoms with Crippen molar-refractivity contribution in [2.75, 3.05) is 7.05 Å². The van der Waals surface area contributed by atoms with E-state index < -0.39 is 11.9 Å². The quantitative estimate of drug-likeness (QED) is 0.917. The lowest BCUT2D eigenvalue weighted by Crippen LogP contribution is -2.25. The van der Waals surface area contributed by atoms with Crippen LogP contribution in [0.1, 0.15) is 28.9 Å². The van der Waals surface area contributed by atoms with Crippen LogP contribution in [0.2, 0.25) is 0 Å². The number of halogens is 3. The molecule has 0 fully saturated rings. The number of benzene rings is 1. The lowest BCUT2D eigenvalue weighted by atomic mass is 10.1. The molecule has 1 aliphatic carbocycles. The average molecular weight is 281 g/mol. The van der Waals surface area contributed by atoms with Gasteiger partial charge in [-0.25, -0.2) is 0 Å². The summed E-state index contributed by atoms with van der Waals surface area (Å²) in [5, 5.41) is 6.87. The normalized spacial score (nSPS) is 22.0. The van der Waals surface area contributed by atoms with E-state index in [1.165, 1.54) is 10.9 Å². The molecule has 0 spiro atoms. The van der Waals surface area contributed by atoms with Crippen LogP contribution in [0, 0.1) is 0 Å². The van der Waals surface area contributed by atoms with E-state index in [9.17, 15) is 13.2 Å². The smallest absolute Gasteiger partial charge is 0.311 e. The number of fused-ring (bicyclic) bond motifs is 1. The van der Waals surface area contributed by atoms with E-state index in [0.29, 0.717) is 6.42 Å². The van der Waals surface area contributed by atoms with Crippen molar-refractivity contribution in [2.24, 2.45) is 0 Å². The monoisotopic (exact) mass is 281 g/mol. The molecule has 1 aromatic carbocycles. The molecule has 2 aromatic rings. The first-order valence-electron chi connectivity index (χ1n) is 6.38. The van der Waals surface area contributed by atoms with Crippen molar-refractivity contribution in [2.45, 2.75) is 24.7 Å². The molecule has 0 aliphatic heterocycles. The van der Waals surface area contributed by atoms with Crippen LogP contribution >= 0.6 is 0 Å². The van der Waals surface area contributed by atoms with E-state index in [2.05, 4.69) is 10.4 Å². The van der Waals surface area contributed by atoms with Crippen LogP contribution < -0.4 is 5.32 Å². The van der Waals surface area contributed by atoms with Gasteiger partial charge in [0.05, 0.1) is 12.1 Å². The minimum atomic E-state index is -4.40. The lowest BCUT2D eigenvalue weighted by molar-refractivity contribution is -0.141. The number of likely N-dealkylation sites (N-methyl/N-ethyl adjacent to an activating group) is 1. The van der Waals surface area contributed by atoms with E-state index in [-0.39, 0.29) is 12.1 Å². The maximum absolute atomic E-state index is 12.6. The van der Waals surface area contributed by atoms with Crippen molar-refractivity contribution >= 4 is 0 Å². The van der Waals surface area contributed by atoms with Gasteiger partial charge in [0.25, 0.3) is 0 Å². The number of nitrogens with zero attached hydrogens (tertiary/aromatic N) is 2. The second-order valence-electron chi connectivity index (χ2n) is 4.92. The fourth-order valence-electron chi connectivity index (χ4n) is 2.84. The van der Waals surface area contributed by atoms with Gasteiger partial charge in [-0.2, -0.15) is 18.3 Å². The van der Waals surface area contributed by atoms with Crippen molar-refractivity contribution < 1.29 is 13.2 Å². The molecule has 2 unspecified atom stereocenters. The Hall–Kier alpha value is -1.82. The summed E-state index contributed by atoms with van der Waals surface area (Å²) in [6.07, 6.45) is -2.31. The summed E-state index contributed by atoms with van der Waals surface area (Å²) >= 11 is 0. The van der Waals surface area contributed by atoms with Gasteiger partial charge in [-0.1, -0.05) is 24.3 Å². The van der Waals surface area contributed by atoms with Crippen molar-refractivity contribution in [3.8, 4) is 0 Å². The number of alkyl halides is 3. The third kappa shape index (κ3) is 2.10. The van der Waals surface area contributed by atoms with E-state index in [0.717, 1.165) is 17.2 Å². The average Bonchev–Trinajstić information content (AvgIpc) is 3.02. The Kier molecular flexibility index (Phi) is 3.05. The number of hydrogen-bond donors (Lipinski definition) is 1. The standard InChI is InChI=1S/C14H14F3N3/c1-18-13-10-5-3-2-4-9(10)8-11(13)20-7-6-12(19-20)14(15,16)17/h2-7,11,13,18H,8H2,1H3. The highest BCUT2D eigenvalue weighted by Crippen LogP contribution is 2.39. The Morgan fingerprint density at radius 3 is 2.65 bits per heavy atom. The van der Waals surface area contributed by atoms with Gasteiger partial charge < -0.3 is 5.32 Å².